The van der Waals surface area contributed by atoms with Crippen LogP contribution in [0.25, 0.3) is 0 Å². The van der Waals surface area contributed by atoms with Crippen LogP contribution < -0.4 is 0 Å². The Bertz CT molecular complexity index is 422. The highest BCUT2D eigenvalue weighted by Gasteiger charge is 2.05. The molecule has 0 aliphatic carbocycles. The third kappa shape index (κ3) is 2.01. The second kappa shape index (κ2) is 3.92. The molecule has 2 heterocycles. The molecular weight excluding hydrogens is 242 g/mol. The Morgan fingerprint density at radius 1 is 1.50 bits per heavy atom. The Hall–Kier alpha value is -1.16. The fourth-order valence-electron chi connectivity index (χ4n) is 1.34. The third-order valence-electron chi connectivity index (χ3n) is 1.95. The van der Waals surface area contributed by atoms with Gasteiger partial charge in [0, 0.05) is 18.8 Å². The molecular formula is C10H10BrN3. The lowest BCUT2D eigenvalue weighted by Gasteiger charge is -1.97. The minimum Gasteiger partial charge on any atom is -0.345 e. The predicted octanol–water partition coefficient (Wildman–Crippen LogP) is 2.47. The summed E-state index contributed by atoms with van der Waals surface area (Å²) in [6, 6.07) is 3.99. The third-order valence-corrected chi connectivity index (χ3v) is 2.61. The minimum atomic E-state index is 0.829. The number of halogens is 1. The summed E-state index contributed by atoms with van der Waals surface area (Å²) in [6.07, 6.45) is 4.47. The molecule has 0 aromatic carbocycles. The van der Waals surface area contributed by atoms with E-state index in [1.165, 1.54) is 5.56 Å². The van der Waals surface area contributed by atoms with Crippen LogP contribution in [0.5, 0.6) is 0 Å². The number of hydrogen-bond donors (Lipinski definition) is 1. The van der Waals surface area contributed by atoms with Gasteiger partial charge in [-0.1, -0.05) is 6.07 Å². The van der Waals surface area contributed by atoms with E-state index in [1.807, 2.05) is 19.2 Å². The van der Waals surface area contributed by atoms with E-state index in [4.69, 9.17) is 0 Å². The summed E-state index contributed by atoms with van der Waals surface area (Å²) in [5.74, 6) is 0.927. The molecule has 0 spiro atoms. The van der Waals surface area contributed by atoms with Crippen LogP contribution in [-0.4, -0.2) is 15.0 Å². The molecule has 1 N–H and O–H groups in total. The Morgan fingerprint density at radius 2 is 2.36 bits per heavy atom. The second-order valence-corrected chi connectivity index (χ2v) is 3.88. The van der Waals surface area contributed by atoms with Crippen molar-refractivity contribution < 1.29 is 0 Å². The fourth-order valence-corrected chi connectivity index (χ4v) is 1.84. The van der Waals surface area contributed by atoms with Crippen LogP contribution in [0.3, 0.4) is 0 Å². The van der Waals surface area contributed by atoms with E-state index in [0.717, 1.165) is 22.5 Å². The molecule has 3 nitrogen and oxygen atoms in total. The summed E-state index contributed by atoms with van der Waals surface area (Å²) in [5, 5.41) is 0. The largest absolute Gasteiger partial charge is 0.345 e. The van der Waals surface area contributed by atoms with Crippen molar-refractivity contribution in [1.82, 2.24) is 15.0 Å². The van der Waals surface area contributed by atoms with Gasteiger partial charge in [0.25, 0.3) is 0 Å². The molecule has 0 saturated heterocycles. The van der Waals surface area contributed by atoms with Crippen LogP contribution in [0.4, 0.5) is 0 Å². The number of imidazole rings is 1. The fraction of sp³-hybridized carbons (Fsp3) is 0.200. The maximum absolute atomic E-state index is 4.25. The van der Waals surface area contributed by atoms with Gasteiger partial charge in [0.15, 0.2) is 0 Å². The standard InChI is InChI=1S/C10H10BrN3/c1-7-13-9(10(11)14-7)5-8-3-2-4-12-6-8/h2-4,6H,5H2,1H3,(H,13,14). The average Bonchev–Trinajstić information content (AvgIpc) is 2.47. The van der Waals surface area contributed by atoms with Gasteiger partial charge in [0.05, 0.1) is 5.69 Å². The maximum atomic E-state index is 4.25. The van der Waals surface area contributed by atoms with Crippen LogP contribution in [0.2, 0.25) is 0 Å². The van der Waals surface area contributed by atoms with E-state index < -0.39 is 0 Å². The monoisotopic (exact) mass is 251 g/mol. The molecule has 0 saturated carbocycles. The molecule has 4 heteroatoms. The molecule has 2 aromatic heterocycles. The van der Waals surface area contributed by atoms with Gasteiger partial charge in [0.2, 0.25) is 0 Å². The molecule has 72 valence electrons. The summed E-state index contributed by atoms with van der Waals surface area (Å²) in [4.78, 5) is 11.5. The molecule has 0 fully saturated rings. The first-order valence-electron chi connectivity index (χ1n) is 4.35. The number of nitrogens with one attached hydrogen (secondary N) is 1. The lowest BCUT2D eigenvalue weighted by Crippen LogP contribution is -1.89. The van der Waals surface area contributed by atoms with E-state index in [-0.39, 0.29) is 0 Å². The summed E-state index contributed by atoms with van der Waals surface area (Å²) in [7, 11) is 0. The molecule has 2 aromatic rings. The van der Waals surface area contributed by atoms with Gasteiger partial charge in [-0.2, -0.15) is 0 Å². The number of nitrogens with zero attached hydrogens (tertiary/aromatic N) is 2. The number of aromatic amines is 1. The molecule has 2 rings (SSSR count). The van der Waals surface area contributed by atoms with Gasteiger partial charge in [-0.3, -0.25) is 4.98 Å². The van der Waals surface area contributed by atoms with E-state index in [0.29, 0.717) is 0 Å². The molecule has 0 unspecified atom stereocenters. The number of aromatic nitrogens is 3. The summed E-state index contributed by atoms with van der Waals surface area (Å²) >= 11 is 3.41. The van der Waals surface area contributed by atoms with E-state index >= 15 is 0 Å². The van der Waals surface area contributed by atoms with Crippen molar-refractivity contribution in [3.05, 3.63) is 46.2 Å². The SMILES string of the molecule is Cc1nc(Br)c(Cc2cccnc2)[nH]1. The quantitative estimate of drug-likeness (QED) is 0.891. The van der Waals surface area contributed by atoms with E-state index in [2.05, 4.69) is 36.9 Å². The van der Waals surface area contributed by atoms with Crippen molar-refractivity contribution >= 4 is 15.9 Å². The van der Waals surface area contributed by atoms with Crippen LogP contribution in [0, 0.1) is 6.92 Å². The lowest BCUT2D eigenvalue weighted by molar-refractivity contribution is 1.05. The van der Waals surface area contributed by atoms with Crippen molar-refractivity contribution in [2.75, 3.05) is 0 Å². The van der Waals surface area contributed by atoms with Crippen LogP contribution in [0.15, 0.2) is 29.1 Å². The van der Waals surface area contributed by atoms with Gasteiger partial charge in [-0.25, -0.2) is 4.98 Å². The van der Waals surface area contributed by atoms with Crippen LogP contribution in [-0.2, 0) is 6.42 Å². The molecule has 14 heavy (non-hydrogen) atoms. The van der Waals surface area contributed by atoms with Gasteiger partial charge in [0.1, 0.15) is 10.4 Å². The predicted molar refractivity (Wildman–Crippen MR) is 58.1 cm³/mol. The van der Waals surface area contributed by atoms with E-state index in [1.54, 1.807) is 6.20 Å². The average molecular weight is 252 g/mol. The highest BCUT2D eigenvalue weighted by atomic mass is 79.9. The number of hydrogen-bond acceptors (Lipinski definition) is 2. The number of pyridine rings is 1. The van der Waals surface area contributed by atoms with Gasteiger partial charge in [-0.15, -0.1) is 0 Å². The van der Waals surface area contributed by atoms with Crippen molar-refractivity contribution in [3.63, 3.8) is 0 Å². The zero-order chi connectivity index (χ0) is 9.97. The second-order valence-electron chi connectivity index (χ2n) is 3.13. The molecule has 0 radical (unpaired) electrons. The van der Waals surface area contributed by atoms with Crippen LogP contribution >= 0.6 is 15.9 Å². The smallest absolute Gasteiger partial charge is 0.127 e. The summed E-state index contributed by atoms with van der Waals surface area (Å²) < 4.78 is 0.888. The van der Waals surface area contributed by atoms with Gasteiger partial charge < -0.3 is 4.98 Å². The first-order chi connectivity index (χ1) is 6.75. The number of rotatable bonds is 2. The van der Waals surface area contributed by atoms with Gasteiger partial charge in [-0.05, 0) is 34.5 Å². The highest BCUT2D eigenvalue weighted by Crippen LogP contribution is 2.16. The maximum Gasteiger partial charge on any atom is 0.127 e. The normalized spacial score (nSPS) is 10.4. The Labute approximate surface area is 90.7 Å². The minimum absolute atomic E-state index is 0.829. The molecule has 0 aliphatic rings. The summed E-state index contributed by atoms with van der Waals surface area (Å²) in [6.45, 7) is 1.94. The highest BCUT2D eigenvalue weighted by molar-refractivity contribution is 9.10. The Morgan fingerprint density at radius 3 is 2.93 bits per heavy atom. The first-order valence-corrected chi connectivity index (χ1v) is 5.15. The molecule has 0 amide bonds. The molecule has 0 aliphatic heterocycles. The Kier molecular flexibility index (Phi) is 2.63. The van der Waals surface area contributed by atoms with E-state index in [9.17, 15) is 0 Å². The topological polar surface area (TPSA) is 41.6 Å². The first kappa shape index (κ1) is 9.40. The van der Waals surface area contributed by atoms with Crippen molar-refractivity contribution in [3.8, 4) is 0 Å². The van der Waals surface area contributed by atoms with Crippen molar-refractivity contribution in [2.24, 2.45) is 0 Å². The number of H-pyrrole nitrogens is 1. The van der Waals surface area contributed by atoms with Gasteiger partial charge >= 0.3 is 0 Å². The van der Waals surface area contributed by atoms with Crippen molar-refractivity contribution in [1.29, 1.82) is 0 Å². The lowest BCUT2D eigenvalue weighted by atomic mass is 10.2. The van der Waals surface area contributed by atoms with Crippen molar-refractivity contribution in [2.45, 2.75) is 13.3 Å². The van der Waals surface area contributed by atoms with Crippen LogP contribution in [0.1, 0.15) is 17.1 Å². The number of aryl methyl sites for hydroxylation is 1. The molecule has 0 atom stereocenters. The zero-order valence-corrected chi connectivity index (χ0v) is 9.37. The molecule has 0 bridgehead atoms. The summed E-state index contributed by atoms with van der Waals surface area (Å²) in [5.41, 5.74) is 2.27. The Balaban J connectivity index is 2.23. The zero-order valence-electron chi connectivity index (χ0n) is 7.79.